The van der Waals surface area contributed by atoms with Crippen LogP contribution >= 0.6 is 0 Å². The number of hydrogen-bond donors (Lipinski definition) is 0. The second-order valence-electron chi connectivity index (χ2n) is 9.67. The lowest BCUT2D eigenvalue weighted by atomic mass is 9.86. The number of rotatable bonds is 5. The number of furan rings is 1. The molecule has 0 saturated heterocycles. The average molecular weight is 528 g/mol. The number of para-hydroxylation sites is 1. The van der Waals surface area contributed by atoms with Crippen molar-refractivity contribution in [2.75, 3.05) is 0 Å². The Bertz CT molecular complexity index is 2930. The highest BCUT2D eigenvalue weighted by atomic mass is 16.3. The maximum atomic E-state index is 9.15. The summed E-state index contributed by atoms with van der Waals surface area (Å²) in [6, 6.07) is 5.26. The third-order valence-corrected chi connectivity index (χ3v) is 7.42. The minimum atomic E-state index is -0.604. The van der Waals surface area contributed by atoms with Gasteiger partial charge in [0.2, 0.25) is 0 Å². The molecular formula is C39H28O. The number of aryl methyl sites for hydroxylation is 2. The van der Waals surface area contributed by atoms with Gasteiger partial charge in [0, 0.05) is 10.8 Å². The first-order valence-corrected chi connectivity index (χ1v) is 12.9. The predicted molar refractivity (Wildman–Crippen MR) is 169 cm³/mol. The van der Waals surface area contributed by atoms with E-state index in [2.05, 4.69) is 0 Å². The molecule has 1 aromatic heterocycles. The molecule has 0 spiro atoms. The van der Waals surface area contributed by atoms with Crippen LogP contribution in [0, 0.1) is 0 Å². The van der Waals surface area contributed by atoms with Gasteiger partial charge in [-0.25, -0.2) is 0 Å². The highest BCUT2D eigenvalue weighted by Gasteiger charge is 2.15. The molecule has 0 unspecified atom stereocenters. The quantitative estimate of drug-likeness (QED) is 0.203. The fourth-order valence-electron chi connectivity index (χ4n) is 5.59. The molecule has 8 rings (SSSR count). The van der Waals surface area contributed by atoms with Crippen LogP contribution in [0.25, 0.3) is 54.3 Å². The summed E-state index contributed by atoms with van der Waals surface area (Å²) in [5.41, 5.74) is 2.25. The maximum Gasteiger partial charge on any atom is 0.135 e. The van der Waals surface area contributed by atoms with Crippen LogP contribution in [-0.2, 0) is 19.3 Å². The molecular weight excluding hydrogens is 484 g/mol. The highest BCUT2D eigenvalue weighted by molar-refractivity contribution is 6.07. The van der Waals surface area contributed by atoms with Gasteiger partial charge in [0.05, 0.1) is 20.6 Å². The summed E-state index contributed by atoms with van der Waals surface area (Å²) in [5, 5.41) is 1.49. The van der Waals surface area contributed by atoms with Crippen molar-refractivity contribution in [3.63, 3.8) is 0 Å². The zero-order chi connectivity index (χ0) is 39.5. The summed E-state index contributed by atoms with van der Waals surface area (Å²) >= 11 is 0. The van der Waals surface area contributed by atoms with E-state index in [-0.39, 0.29) is 68.3 Å². The summed E-state index contributed by atoms with van der Waals surface area (Å²) in [7, 11) is 0. The summed E-state index contributed by atoms with van der Waals surface area (Å²) in [6.07, 6.45) is -0.459. The zero-order valence-electron chi connectivity index (χ0n) is 36.1. The van der Waals surface area contributed by atoms with Crippen molar-refractivity contribution in [3.05, 3.63) is 155 Å². The molecule has 1 heterocycles. The Balaban J connectivity index is 1.45. The van der Waals surface area contributed by atoms with Gasteiger partial charge < -0.3 is 4.42 Å². The molecule has 0 aliphatic carbocycles. The lowest BCUT2D eigenvalue weighted by molar-refractivity contribution is 0.668. The standard InChI is InChI=1S/C39H28O/c1-2-13-29-27(10-1)11-9-12-28(29)21-23-34-30-14-3-5-16-32(30)37(33-17-6-4-15-31(33)34)24-26-20-22-36-35-18-7-8-19-38(35)40-39(36)25-26/h1-20,22,25H,21,23-24H2/i1D,2D,3D,4D,5D,6D,9D,10D,11D,12D,13D,14D,15D,16D,17D. The Morgan fingerprint density at radius 2 is 1.12 bits per heavy atom. The van der Waals surface area contributed by atoms with E-state index in [0.717, 1.165) is 10.8 Å². The van der Waals surface area contributed by atoms with Crippen LogP contribution in [0.1, 0.15) is 42.8 Å². The van der Waals surface area contributed by atoms with Gasteiger partial charge >= 0.3 is 0 Å². The highest BCUT2D eigenvalue weighted by Crippen LogP contribution is 2.36. The number of hydrogen-bond acceptors (Lipinski definition) is 1. The number of benzene rings is 7. The fraction of sp³-hybridized carbons (Fsp3) is 0.0769. The molecule has 0 amide bonds. The van der Waals surface area contributed by atoms with Crippen molar-refractivity contribution >= 4 is 54.3 Å². The molecule has 0 bridgehead atoms. The Morgan fingerprint density at radius 1 is 0.500 bits per heavy atom. The molecule has 0 atom stereocenters. The monoisotopic (exact) mass is 527 g/mol. The van der Waals surface area contributed by atoms with E-state index in [0.29, 0.717) is 16.7 Å². The van der Waals surface area contributed by atoms with E-state index in [9.17, 15) is 0 Å². The molecule has 190 valence electrons. The molecule has 0 N–H and O–H groups in total. The molecule has 40 heavy (non-hydrogen) atoms. The lowest BCUT2D eigenvalue weighted by Crippen LogP contribution is -1.99. The Morgan fingerprint density at radius 3 is 1.90 bits per heavy atom. The lowest BCUT2D eigenvalue weighted by Gasteiger charge is -2.17. The van der Waals surface area contributed by atoms with Crippen LogP contribution in [0.2, 0.25) is 0 Å². The molecule has 0 aliphatic heterocycles. The largest absolute Gasteiger partial charge is 0.456 e. The van der Waals surface area contributed by atoms with Gasteiger partial charge in [-0.2, -0.15) is 0 Å². The summed E-state index contributed by atoms with van der Waals surface area (Å²) in [6.45, 7) is 0. The van der Waals surface area contributed by atoms with Gasteiger partial charge in [0.1, 0.15) is 11.2 Å². The van der Waals surface area contributed by atoms with Crippen LogP contribution < -0.4 is 0 Å². The van der Waals surface area contributed by atoms with Crippen molar-refractivity contribution in [2.24, 2.45) is 0 Å². The van der Waals surface area contributed by atoms with Crippen LogP contribution in [0.5, 0.6) is 0 Å². The minimum Gasteiger partial charge on any atom is -0.456 e. The third kappa shape index (κ3) is 3.78. The van der Waals surface area contributed by atoms with Gasteiger partial charge in [-0.1, -0.05) is 121 Å². The molecule has 0 radical (unpaired) electrons. The summed E-state index contributed by atoms with van der Waals surface area (Å²) in [4.78, 5) is 0. The van der Waals surface area contributed by atoms with E-state index in [1.165, 1.54) is 0 Å². The first-order valence-electron chi connectivity index (χ1n) is 20.4. The average Bonchev–Trinajstić information content (AvgIpc) is 3.55. The van der Waals surface area contributed by atoms with E-state index in [4.69, 9.17) is 25.0 Å². The second kappa shape index (κ2) is 9.39. The SMILES string of the molecule is [2H]c1c([2H])c([2H])c2c(CCc3c4c([2H])c([2H])c([2H])c([2H])c4c(Cc4ccc5c(c4)oc4ccccc45)c4c([2H])c([2H])c([2H])c([2H])c34)c([2H])c([2H])c([2H])c2c1[2H]. The summed E-state index contributed by atoms with van der Waals surface area (Å²) in [5.74, 6) is 0. The van der Waals surface area contributed by atoms with Crippen molar-refractivity contribution in [1.29, 1.82) is 0 Å². The predicted octanol–water partition coefficient (Wildman–Crippen LogP) is 10.4. The van der Waals surface area contributed by atoms with Gasteiger partial charge in [-0.05, 0) is 86.0 Å². The number of fused-ring (bicyclic) bond motifs is 6. The third-order valence-electron chi connectivity index (χ3n) is 7.42. The molecule has 0 aliphatic rings. The molecule has 8 aromatic rings. The van der Waals surface area contributed by atoms with Gasteiger partial charge in [-0.15, -0.1) is 0 Å². The molecule has 0 fully saturated rings. The van der Waals surface area contributed by atoms with E-state index in [1.54, 1.807) is 6.07 Å². The Kier molecular flexibility index (Phi) is 2.94. The van der Waals surface area contributed by atoms with Crippen molar-refractivity contribution in [3.8, 4) is 0 Å². The topological polar surface area (TPSA) is 13.1 Å². The van der Waals surface area contributed by atoms with Gasteiger partial charge in [0.15, 0.2) is 0 Å². The smallest absolute Gasteiger partial charge is 0.135 e. The Labute approximate surface area is 254 Å². The minimum absolute atomic E-state index is 0.00398. The zero-order valence-corrected chi connectivity index (χ0v) is 21.1. The van der Waals surface area contributed by atoms with Crippen LogP contribution in [0.15, 0.2) is 138 Å². The van der Waals surface area contributed by atoms with Gasteiger partial charge in [-0.3, -0.25) is 0 Å². The second-order valence-corrected chi connectivity index (χ2v) is 9.67. The summed E-state index contributed by atoms with van der Waals surface area (Å²) < 4.78 is 137. The van der Waals surface area contributed by atoms with Crippen molar-refractivity contribution < 1.29 is 25.0 Å². The van der Waals surface area contributed by atoms with E-state index >= 15 is 0 Å². The van der Waals surface area contributed by atoms with Gasteiger partial charge in [0.25, 0.3) is 0 Å². The first-order chi connectivity index (χ1) is 26.1. The fourth-order valence-corrected chi connectivity index (χ4v) is 5.59. The van der Waals surface area contributed by atoms with Crippen molar-refractivity contribution in [2.45, 2.75) is 19.3 Å². The molecule has 7 aromatic carbocycles. The van der Waals surface area contributed by atoms with Crippen molar-refractivity contribution in [1.82, 2.24) is 0 Å². The Hall–Kier alpha value is -4.88. The molecule has 1 heteroatoms. The van der Waals surface area contributed by atoms with Crippen LogP contribution in [0.3, 0.4) is 0 Å². The molecule has 1 nitrogen and oxygen atoms in total. The molecule has 0 saturated carbocycles. The van der Waals surface area contributed by atoms with Crippen LogP contribution in [0.4, 0.5) is 0 Å². The first kappa shape index (κ1) is 12.5. The maximum absolute atomic E-state index is 9.15. The normalized spacial score (nSPS) is 17.1. The van der Waals surface area contributed by atoms with Crippen LogP contribution in [-0.4, -0.2) is 0 Å². The van der Waals surface area contributed by atoms with E-state index in [1.807, 2.05) is 36.4 Å². The van der Waals surface area contributed by atoms with E-state index < -0.39 is 90.6 Å².